The van der Waals surface area contributed by atoms with Gasteiger partial charge in [-0.3, -0.25) is 19.2 Å². The number of carbonyl (C=O) groups is 3. The Hall–Kier alpha value is -4.06. The zero-order valence-corrected chi connectivity index (χ0v) is 26.7. The molecule has 0 aliphatic carbocycles. The molecule has 3 aromatic heterocycles. The van der Waals surface area contributed by atoms with Crippen LogP contribution in [-0.4, -0.2) is 75.0 Å². The highest BCUT2D eigenvalue weighted by Crippen LogP contribution is 2.27. The molecule has 1 aliphatic rings. The first kappa shape index (κ1) is 31.4. The molecule has 230 valence electrons. The molecule has 0 radical (unpaired) electrons. The summed E-state index contributed by atoms with van der Waals surface area (Å²) in [4.78, 5) is 59.1. The Balaban J connectivity index is 1.58. The summed E-state index contributed by atoms with van der Waals surface area (Å²) >= 11 is 7.52. The van der Waals surface area contributed by atoms with Gasteiger partial charge in [-0.2, -0.15) is 9.78 Å². The Morgan fingerprint density at radius 1 is 0.977 bits per heavy atom. The first-order chi connectivity index (χ1) is 20.9. The first-order valence-corrected chi connectivity index (χ1v) is 15.5. The number of hydrogen-bond donors (Lipinski definition) is 1. The monoisotopic (exact) mass is 634 g/mol. The number of aromatic nitrogens is 3. The van der Waals surface area contributed by atoms with Gasteiger partial charge in [-0.1, -0.05) is 62.7 Å². The van der Waals surface area contributed by atoms with Crippen LogP contribution in [0.3, 0.4) is 0 Å². The Morgan fingerprint density at radius 3 is 2.32 bits per heavy atom. The van der Waals surface area contributed by atoms with Crippen molar-refractivity contribution < 1.29 is 14.4 Å². The van der Waals surface area contributed by atoms with Gasteiger partial charge in [-0.25, -0.2) is 0 Å². The number of pyridine rings is 1. The van der Waals surface area contributed by atoms with Gasteiger partial charge < -0.3 is 19.7 Å². The molecule has 4 heterocycles. The lowest BCUT2D eigenvalue weighted by Gasteiger charge is -2.32. The molecular formula is C32H35ClN6O4S. The van der Waals surface area contributed by atoms with Crippen molar-refractivity contribution in [2.24, 2.45) is 5.41 Å². The highest BCUT2D eigenvalue weighted by atomic mass is 35.5. The number of likely N-dealkylation sites (N-methyl/N-ethyl adjacent to an activating group) is 1. The molecule has 1 aromatic carbocycles. The topological polar surface area (TPSA) is 110 Å². The van der Waals surface area contributed by atoms with Crippen LogP contribution in [0.1, 0.15) is 46.4 Å². The van der Waals surface area contributed by atoms with Gasteiger partial charge in [0.15, 0.2) is 5.78 Å². The standard InChI is InChI=1S/C32H35ClN6O4S/c1-32(2,3)31(43)39-27(34-18-23-10-11-26(33)44-23)17-25(35-39)24-16-22(29(41)21-8-6-5-7-9-21)19-38(30(24)42)20-28(40)37-14-12-36(4)13-15-37/h5-11,16-17,19,34H,12-15,18,20H2,1-4H3. The summed E-state index contributed by atoms with van der Waals surface area (Å²) < 4.78 is 3.18. The molecular weight excluding hydrogens is 600 g/mol. The van der Waals surface area contributed by atoms with Crippen LogP contribution in [0.15, 0.2) is 65.6 Å². The maximum atomic E-state index is 13.9. The van der Waals surface area contributed by atoms with Gasteiger partial charge in [-0.05, 0) is 25.2 Å². The minimum atomic E-state index is -0.772. The van der Waals surface area contributed by atoms with Crippen molar-refractivity contribution in [2.45, 2.75) is 33.9 Å². The summed E-state index contributed by atoms with van der Waals surface area (Å²) in [5.74, 6) is -0.395. The third-order valence-corrected chi connectivity index (χ3v) is 8.67. The maximum Gasteiger partial charge on any atom is 0.260 e. The summed E-state index contributed by atoms with van der Waals surface area (Å²) in [7, 11) is 2.00. The van der Waals surface area contributed by atoms with Crippen LogP contribution in [-0.2, 0) is 17.9 Å². The number of hydrogen-bond acceptors (Lipinski definition) is 8. The number of rotatable bonds is 8. The average Bonchev–Trinajstić information content (AvgIpc) is 3.62. The summed E-state index contributed by atoms with van der Waals surface area (Å²) in [5, 5.41) is 7.83. The molecule has 1 saturated heterocycles. The molecule has 10 nitrogen and oxygen atoms in total. The van der Waals surface area contributed by atoms with E-state index in [0.717, 1.165) is 18.0 Å². The largest absolute Gasteiger partial charge is 0.365 e. The van der Waals surface area contributed by atoms with Crippen LogP contribution >= 0.6 is 22.9 Å². The normalized spacial score (nSPS) is 14.1. The molecule has 0 saturated carbocycles. The van der Waals surface area contributed by atoms with Crippen LogP contribution in [0, 0.1) is 5.41 Å². The second-order valence-corrected chi connectivity index (χ2v) is 13.7. The van der Waals surface area contributed by atoms with Gasteiger partial charge in [0.05, 0.1) is 16.4 Å². The number of piperazine rings is 1. The van der Waals surface area contributed by atoms with Gasteiger partial charge in [0, 0.05) is 59.9 Å². The van der Waals surface area contributed by atoms with E-state index in [0.29, 0.717) is 35.4 Å². The fraction of sp³-hybridized carbons (Fsp3) is 0.344. The molecule has 44 heavy (non-hydrogen) atoms. The van der Waals surface area contributed by atoms with Gasteiger partial charge in [-0.15, -0.1) is 11.3 Å². The van der Waals surface area contributed by atoms with E-state index in [1.807, 2.05) is 19.2 Å². The number of carbonyl (C=O) groups excluding carboxylic acids is 3. The number of anilines is 1. The highest BCUT2D eigenvalue weighted by molar-refractivity contribution is 7.16. The Bertz CT molecular complexity index is 1750. The van der Waals surface area contributed by atoms with Crippen LogP contribution in [0.2, 0.25) is 4.34 Å². The molecule has 0 unspecified atom stereocenters. The van der Waals surface area contributed by atoms with Crippen molar-refractivity contribution in [3.8, 4) is 11.3 Å². The molecule has 0 atom stereocenters. The number of nitrogens with zero attached hydrogens (tertiary/aromatic N) is 5. The van der Waals surface area contributed by atoms with Crippen molar-refractivity contribution in [1.29, 1.82) is 0 Å². The zero-order chi connectivity index (χ0) is 31.6. The predicted octanol–water partition coefficient (Wildman–Crippen LogP) is 4.73. The second kappa shape index (κ2) is 12.9. The van der Waals surface area contributed by atoms with Crippen molar-refractivity contribution in [3.63, 3.8) is 0 Å². The quantitative estimate of drug-likeness (QED) is 0.279. The number of ketones is 1. The van der Waals surface area contributed by atoms with Gasteiger partial charge >= 0.3 is 0 Å². The van der Waals surface area contributed by atoms with Gasteiger partial charge in [0.2, 0.25) is 5.91 Å². The average molecular weight is 635 g/mol. The molecule has 1 aliphatic heterocycles. The van der Waals surface area contributed by atoms with E-state index in [1.165, 1.54) is 32.8 Å². The van der Waals surface area contributed by atoms with E-state index in [2.05, 4.69) is 15.3 Å². The molecule has 0 bridgehead atoms. The summed E-state index contributed by atoms with van der Waals surface area (Å²) in [6, 6.07) is 15.5. The third kappa shape index (κ3) is 7.01. The Morgan fingerprint density at radius 2 is 1.68 bits per heavy atom. The third-order valence-electron chi connectivity index (χ3n) is 7.44. The summed E-state index contributed by atoms with van der Waals surface area (Å²) in [6.07, 6.45) is 1.44. The van der Waals surface area contributed by atoms with Crippen molar-refractivity contribution in [1.82, 2.24) is 24.1 Å². The maximum absolute atomic E-state index is 13.9. The SMILES string of the molecule is CN1CCN(C(=O)Cn2cc(C(=O)c3ccccc3)cc(-c3cc(NCc4ccc(Cl)s4)n(C(=O)C(C)(C)C)n3)c2=O)CC1. The Kier molecular flexibility index (Phi) is 9.19. The van der Waals surface area contributed by atoms with Crippen LogP contribution in [0.4, 0.5) is 5.82 Å². The van der Waals surface area contributed by atoms with E-state index in [9.17, 15) is 19.2 Å². The number of nitrogens with one attached hydrogen (secondary N) is 1. The minimum Gasteiger partial charge on any atom is -0.365 e. The Labute approximate surface area is 264 Å². The molecule has 12 heteroatoms. The van der Waals surface area contributed by atoms with E-state index in [-0.39, 0.29) is 41.0 Å². The van der Waals surface area contributed by atoms with E-state index >= 15 is 0 Å². The molecule has 1 N–H and O–H groups in total. The highest BCUT2D eigenvalue weighted by Gasteiger charge is 2.28. The molecule has 0 spiro atoms. The number of benzene rings is 1. The fourth-order valence-electron chi connectivity index (χ4n) is 4.85. The molecule has 5 rings (SSSR count). The van der Waals surface area contributed by atoms with E-state index in [1.54, 1.807) is 62.1 Å². The zero-order valence-electron chi connectivity index (χ0n) is 25.2. The van der Waals surface area contributed by atoms with Crippen LogP contribution in [0.25, 0.3) is 11.3 Å². The lowest BCUT2D eigenvalue weighted by atomic mass is 9.96. The van der Waals surface area contributed by atoms with Crippen LogP contribution < -0.4 is 10.9 Å². The smallest absolute Gasteiger partial charge is 0.260 e. The molecule has 1 fully saturated rings. The van der Waals surface area contributed by atoms with Crippen LogP contribution in [0.5, 0.6) is 0 Å². The van der Waals surface area contributed by atoms with Crippen molar-refractivity contribution in [3.05, 3.63) is 91.5 Å². The van der Waals surface area contributed by atoms with Crippen molar-refractivity contribution in [2.75, 3.05) is 38.5 Å². The number of amides is 1. The number of thiophene rings is 1. The summed E-state index contributed by atoms with van der Waals surface area (Å²) in [5.41, 5.74) is -0.257. The predicted molar refractivity (Wildman–Crippen MR) is 173 cm³/mol. The van der Waals surface area contributed by atoms with Gasteiger partial charge in [0.25, 0.3) is 11.5 Å². The number of halogens is 1. The van der Waals surface area contributed by atoms with E-state index in [4.69, 9.17) is 11.6 Å². The van der Waals surface area contributed by atoms with Crippen molar-refractivity contribution >= 4 is 46.4 Å². The lowest BCUT2D eigenvalue weighted by Crippen LogP contribution is -2.48. The first-order valence-electron chi connectivity index (χ1n) is 14.3. The molecule has 1 amide bonds. The van der Waals surface area contributed by atoms with Gasteiger partial charge in [0.1, 0.15) is 18.1 Å². The minimum absolute atomic E-state index is 0.112. The summed E-state index contributed by atoms with van der Waals surface area (Å²) in [6.45, 7) is 8.12. The fourth-order valence-corrected chi connectivity index (χ4v) is 5.88. The second-order valence-electron chi connectivity index (χ2n) is 11.9. The lowest BCUT2D eigenvalue weighted by molar-refractivity contribution is -0.133. The van der Waals surface area contributed by atoms with E-state index < -0.39 is 11.0 Å². The molecule has 4 aromatic rings.